The van der Waals surface area contributed by atoms with Gasteiger partial charge < -0.3 is 15.0 Å². The van der Waals surface area contributed by atoms with Crippen LogP contribution in [0.3, 0.4) is 0 Å². The van der Waals surface area contributed by atoms with Gasteiger partial charge in [0.15, 0.2) is 6.10 Å². The minimum absolute atomic E-state index is 0.192. The maximum atomic E-state index is 12.0. The Labute approximate surface area is 136 Å². The molecule has 23 heavy (non-hydrogen) atoms. The lowest BCUT2D eigenvalue weighted by atomic mass is 10.2. The van der Waals surface area contributed by atoms with Crippen molar-refractivity contribution in [1.29, 1.82) is 5.26 Å². The summed E-state index contributed by atoms with van der Waals surface area (Å²) in [7, 11) is 0. The monoisotopic (exact) mass is 315 g/mol. The number of rotatable bonds is 7. The van der Waals surface area contributed by atoms with Crippen LogP contribution in [0.4, 0.5) is 0 Å². The quantitative estimate of drug-likeness (QED) is 0.772. The molecule has 0 saturated carbocycles. The van der Waals surface area contributed by atoms with Crippen LogP contribution in [0.25, 0.3) is 0 Å². The molecule has 6 nitrogen and oxygen atoms in total. The molecule has 2 amide bonds. The van der Waals surface area contributed by atoms with Gasteiger partial charge in [-0.3, -0.25) is 9.59 Å². The molecule has 0 aliphatic carbocycles. The molecule has 1 unspecified atom stereocenters. The highest BCUT2D eigenvalue weighted by molar-refractivity contribution is 5.80. The summed E-state index contributed by atoms with van der Waals surface area (Å²) in [6.45, 7) is 3.70. The van der Waals surface area contributed by atoms with Gasteiger partial charge in [-0.2, -0.15) is 5.26 Å². The second kappa shape index (κ2) is 8.18. The van der Waals surface area contributed by atoms with Crippen LogP contribution in [-0.4, -0.2) is 42.5 Å². The van der Waals surface area contributed by atoms with E-state index in [-0.39, 0.29) is 11.8 Å². The topological polar surface area (TPSA) is 82.4 Å². The normalized spacial score (nSPS) is 15.1. The van der Waals surface area contributed by atoms with E-state index < -0.39 is 6.10 Å². The third kappa shape index (κ3) is 4.99. The van der Waals surface area contributed by atoms with Crippen LogP contribution in [0, 0.1) is 11.3 Å². The zero-order valence-corrected chi connectivity index (χ0v) is 13.2. The van der Waals surface area contributed by atoms with Crippen molar-refractivity contribution in [3.8, 4) is 11.8 Å². The third-order valence-corrected chi connectivity index (χ3v) is 3.74. The number of carbonyl (C=O) groups is 2. The molecule has 6 heteroatoms. The lowest BCUT2D eigenvalue weighted by Crippen LogP contribution is -2.38. The van der Waals surface area contributed by atoms with Gasteiger partial charge in [0, 0.05) is 26.1 Å². The number of likely N-dealkylation sites (tertiary alicyclic amines) is 1. The molecule has 1 saturated heterocycles. The number of benzene rings is 1. The second-order valence-corrected chi connectivity index (χ2v) is 5.53. The summed E-state index contributed by atoms with van der Waals surface area (Å²) in [5.74, 6) is 0.560. The summed E-state index contributed by atoms with van der Waals surface area (Å²) in [5.41, 5.74) is 0.547. The van der Waals surface area contributed by atoms with Gasteiger partial charge in [-0.15, -0.1) is 0 Å². The van der Waals surface area contributed by atoms with E-state index in [9.17, 15) is 9.59 Å². The number of nitrogens with zero attached hydrogens (tertiary/aromatic N) is 2. The van der Waals surface area contributed by atoms with Crippen molar-refractivity contribution >= 4 is 11.8 Å². The molecule has 1 aromatic rings. The highest BCUT2D eigenvalue weighted by atomic mass is 16.5. The van der Waals surface area contributed by atoms with E-state index in [1.54, 1.807) is 31.2 Å². The number of carbonyl (C=O) groups excluding carboxylic acids is 2. The van der Waals surface area contributed by atoms with Crippen LogP contribution in [0.5, 0.6) is 5.75 Å². The molecule has 0 spiro atoms. The average molecular weight is 315 g/mol. The molecule has 1 aliphatic rings. The van der Waals surface area contributed by atoms with E-state index in [4.69, 9.17) is 10.00 Å². The predicted octanol–water partition coefficient (Wildman–Crippen LogP) is 1.45. The molecule has 2 rings (SSSR count). The third-order valence-electron chi connectivity index (χ3n) is 3.74. The average Bonchev–Trinajstić information content (AvgIpc) is 2.97. The summed E-state index contributed by atoms with van der Waals surface area (Å²) >= 11 is 0. The van der Waals surface area contributed by atoms with Gasteiger partial charge in [-0.1, -0.05) is 0 Å². The zero-order chi connectivity index (χ0) is 16.7. The van der Waals surface area contributed by atoms with Crippen LogP contribution in [0.15, 0.2) is 24.3 Å². The highest BCUT2D eigenvalue weighted by Crippen LogP contribution is 2.13. The Kier molecular flexibility index (Phi) is 5.98. The van der Waals surface area contributed by atoms with E-state index in [0.717, 1.165) is 19.4 Å². The lowest BCUT2D eigenvalue weighted by Gasteiger charge is -2.17. The first-order valence-electron chi connectivity index (χ1n) is 7.82. The van der Waals surface area contributed by atoms with E-state index in [2.05, 4.69) is 5.32 Å². The lowest BCUT2D eigenvalue weighted by molar-refractivity contribution is -0.127. The molecule has 1 heterocycles. The fraction of sp³-hybridized carbons (Fsp3) is 0.471. The van der Waals surface area contributed by atoms with Crippen LogP contribution >= 0.6 is 0 Å². The standard InChI is InChI=1S/C17H21N3O3/c1-13(23-15-7-5-14(12-18)6-8-15)17(22)19-9-3-11-20-10-2-4-16(20)21/h5-8,13H,2-4,9-11H2,1H3,(H,19,22). The van der Waals surface area contributed by atoms with E-state index in [1.807, 2.05) is 11.0 Å². The summed E-state index contributed by atoms with van der Waals surface area (Å²) < 4.78 is 5.54. The summed E-state index contributed by atoms with van der Waals surface area (Å²) in [5, 5.41) is 11.5. The molecule has 1 atom stereocenters. The predicted molar refractivity (Wildman–Crippen MR) is 84.7 cm³/mol. The molecular weight excluding hydrogens is 294 g/mol. The Morgan fingerprint density at radius 1 is 1.43 bits per heavy atom. The zero-order valence-electron chi connectivity index (χ0n) is 13.2. The largest absolute Gasteiger partial charge is 0.481 e. The van der Waals surface area contributed by atoms with Gasteiger partial charge in [-0.25, -0.2) is 0 Å². The van der Waals surface area contributed by atoms with E-state index in [0.29, 0.717) is 30.8 Å². The second-order valence-electron chi connectivity index (χ2n) is 5.53. The number of ether oxygens (including phenoxy) is 1. The molecule has 122 valence electrons. The minimum Gasteiger partial charge on any atom is -0.481 e. The van der Waals surface area contributed by atoms with Gasteiger partial charge in [0.1, 0.15) is 5.75 Å². The molecule has 1 aliphatic heterocycles. The summed E-state index contributed by atoms with van der Waals surface area (Å²) in [6, 6.07) is 8.66. The number of nitriles is 1. The minimum atomic E-state index is -0.614. The summed E-state index contributed by atoms with van der Waals surface area (Å²) in [4.78, 5) is 25.3. The molecule has 1 N–H and O–H groups in total. The van der Waals surface area contributed by atoms with Crippen molar-refractivity contribution < 1.29 is 14.3 Å². The Morgan fingerprint density at radius 3 is 2.78 bits per heavy atom. The van der Waals surface area contributed by atoms with E-state index >= 15 is 0 Å². The molecule has 0 radical (unpaired) electrons. The van der Waals surface area contributed by atoms with Crippen LogP contribution in [-0.2, 0) is 9.59 Å². The van der Waals surface area contributed by atoms with Crippen molar-refractivity contribution in [3.63, 3.8) is 0 Å². The number of nitrogens with one attached hydrogen (secondary N) is 1. The van der Waals surface area contributed by atoms with Crippen LogP contribution in [0.1, 0.15) is 31.7 Å². The van der Waals surface area contributed by atoms with Crippen molar-refractivity contribution in [2.45, 2.75) is 32.3 Å². The molecule has 1 aromatic carbocycles. The van der Waals surface area contributed by atoms with Gasteiger partial charge in [0.05, 0.1) is 11.6 Å². The fourth-order valence-electron chi connectivity index (χ4n) is 2.43. The Morgan fingerprint density at radius 2 is 2.17 bits per heavy atom. The summed E-state index contributed by atoms with van der Waals surface area (Å²) in [6.07, 6.45) is 1.69. The van der Waals surface area contributed by atoms with Crippen LogP contribution in [0.2, 0.25) is 0 Å². The number of hydrogen-bond acceptors (Lipinski definition) is 4. The smallest absolute Gasteiger partial charge is 0.260 e. The molecular formula is C17H21N3O3. The Balaban J connectivity index is 1.68. The van der Waals surface area contributed by atoms with Crippen molar-refractivity contribution in [3.05, 3.63) is 29.8 Å². The van der Waals surface area contributed by atoms with Gasteiger partial charge in [0.25, 0.3) is 5.91 Å². The number of amides is 2. The molecule has 0 aromatic heterocycles. The van der Waals surface area contributed by atoms with Crippen molar-refractivity contribution in [2.75, 3.05) is 19.6 Å². The van der Waals surface area contributed by atoms with Gasteiger partial charge in [0.2, 0.25) is 5.91 Å². The van der Waals surface area contributed by atoms with E-state index in [1.165, 1.54) is 0 Å². The molecule has 0 bridgehead atoms. The Bertz CT molecular complexity index is 592. The molecule has 1 fully saturated rings. The number of hydrogen-bond donors (Lipinski definition) is 1. The first-order chi connectivity index (χ1) is 11.1. The SMILES string of the molecule is CC(Oc1ccc(C#N)cc1)C(=O)NCCCN1CCCC1=O. The van der Waals surface area contributed by atoms with Gasteiger partial charge >= 0.3 is 0 Å². The Hall–Kier alpha value is -2.55. The fourth-order valence-corrected chi connectivity index (χ4v) is 2.43. The van der Waals surface area contributed by atoms with Crippen molar-refractivity contribution in [1.82, 2.24) is 10.2 Å². The van der Waals surface area contributed by atoms with Crippen molar-refractivity contribution in [2.24, 2.45) is 0 Å². The van der Waals surface area contributed by atoms with Crippen LogP contribution < -0.4 is 10.1 Å². The maximum Gasteiger partial charge on any atom is 0.260 e. The highest BCUT2D eigenvalue weighted by Gasteiger charge is 2.19. The first-order valence-corrected chi connectivity index (χ1v) is 7.82. The first kappa shape index (κ1) is 16.8. The van der Waals surface area contributed by atoms with Gasteiger partial charge in [-0.05, 0) is 44.0 Å². The maximum absolute atomic E-state index is 12.0.